The fraction of sp³-hybridized carbons (Fsp3) is 1.00. The van der Waals surface area contributed by atoms with E-state index in [1.54, 1.807) is 0 Å². The molecule has 0 aromatic rings. The maximum absolute atomic E-state index is 6.07. The van der Waals surface area contributed by atoms with Gasteiger partial charge in [-0.3, -0.25) is 0 Å². The minimum absolute atomic E-state index is 0.771. The third-order valence-electron chi connectivity index (χ3n) is 1.87. The Morgan fingerprint density at radius 1 is 1.00 bits per heavy atom. The van der Waals surface area contributed by atoms with Crippen LogP contribution in [-0.2, 0) is 8.54 Å². The van der Waals surface area contributed by atoms with Crippen LogP contribution in [0.1, 0.15) is 13.8 Å². The minimum atomic E-state index is -1.80. The van der Waals surface area contributed by atoms with Gasteiger partial charge < -0.3 is 8.54 Å². The first-order chi connectivity index (χ1) is 5.33. The van der Waals surface area contributed by atoms with Crippen molar-refractivity contribution < 1.29 is 8.54 Å². The SMILES string of the molecule is CCO[Si](C)(C)O[Si](C)(C)CC. The average molecular weight is 206 g/mol. The fourth-order valence-electron chi connectivity index (χ4n) is 1.11. The predicted octanol–water partition coefficient (Wildman–Crippen LogP) is 2.97. The molecule has 0 N–H and O–H groups in total. The molecule has 2 nitrogen and oxygen atoms in total. The van der Waals surface area contributed by atoms with E-state index >= 15 is 0 Å². The molecule has 0 saturated heterocycles. The summed E-state index contributed by atoms with van der Waals surface area (Å²) in [4.78, 5) is 0. The van der Waals surface area contributed by atoms with E-state index in [0.717, 1.165) is 12.7 Å². The zero-order valence-electron chi connectivity index (χ0n) is 9.23. The molecule has 0 aliphatic carbocycles. The third kappa shape index (κ3) is 5.08. The second-order valence-corrected chi connectivity index (χ2v) is 12.2. The average Bonchev–Trinajstić information content (AvgIpc) is 1.85. The van der Waals surface area contributed by atoms with Crippen LogP contribution < -0.4 is 0 Å². The Hall–Kier alpha value is 0.354. The monoisotopic (exact) mass is 206 g/mol. The van der Waals surface area contributed by atoms with Crippen molar-refractivity contribution in [2.24, 2.45) is 0 Å². The van der Waals surface area contributed by atoms with Gasteiger partial charge in [0.25, 0.3) is 0 Å². The topological polar surface area (TPSA) is 18.5 Å². The molecule has 0 aromatic heterocycles. The van der Waals surface area contributed by atoms with Crippen LogP contribution in [0, 0.1) is 0 Å². The smallest absolute Gasteiger partial charge is 0.321 e. The molecule has 0 heterocycles. The zero-order chi connectivity index (χ0) is 9.83. The molecular weight excluding hydrogens is 184 g/mol. The van der Waals surface area contributed by atoms with Crippen molar-refractivity contribution in [3.63, 3.8) is 0 Å². The normalized spacial score (nSPS) is 13.5. The van der Waals surface area contributed by atoms with Crippen molar-refractivity contribution >= 4 is 16.9 Å². The van der Waals surface area contributed by atoms with Crippen molar-refractivity contribution in [2.75, 3.05) is 6.61 Å². The maximum atomic E-state index is 6.07. The largest absolute Gasteiger partial charge is 0.436 e. The van der Waals surface area contributed by atoms with E-state index < -0.39 is 16.9 Å². The molecule has 0 amide bonds. The number of rotatable bonds is 5. The van der Waals surface area contributed by atoms with Crippen molar-refractivity contribution in [2.45, 2.75) is 46.1 Å². The molecule has 0 spiro atoms. The van der Waals surface area contributed by atoms with E-state index in [-0.39, 0.29) is 0 Å². The standard InChI is InChI=1S/C8H22O2Si2/c1-7-9-12(5,6)10-11(3,4)8-2/h7-8H2,1-6H3. The van der Waals surface area contributed by atoms with Gasteiger partial charge in [-0.05, 0) is 39.2 Å². The van der Waals surface area contributed by atoms with E-state index in [1.165, 1.54) is 0 Å². The van der Waals surface area contributed by atoms with Gasteiger partial charge in [0.15, 0.2) is 8.32 Å². The van der Waals surface area contributed by atoms with Crippen LogP contribution in [0.4, 0.5) is 0 Å². The van der Waals surface area contributed by atoms with Crippen LogP contribution in [0.2, 0.25) is 32.2 Å². The molecule has 0 unspecified atom stereocenters. The zero-order valence-corrected chi connectivity index (χ0v) is 11.2. The van der Waals surface area contributed by atoms with Gasteiger partial charge in [0.2, 0.25) is 0 Å². The Morgan fingerprint density at radius 3 is 1.83 bits per heavy atom. The van der Waals surface area contributed by atoms with Crippen LogP contribution in [0.15, 0.2) is 0 Å². The van der Waals surface area contributed by atoms with Crippen molar-refractivity contribution in [3.05, 3.63) is 0 Å². The highest BCUT2D eigenvalue weighted by molar-refractivity contribution is 6.82. The molecule has 0 radical (unpaired) electrons. The lowest BCUT2D eigenvalue weighted by Crippen LogP contribution is -2.46. The lowest BCUT2D eigenvalue weighted by atomic mass is 10.9. The summed E-state index contributed by atoms with van der Waals surface area (Å²) in [6.45, 7) is 13.7. The van der Waals surface area contributed by atoms with Gasteiger partial charge in [-0.1, -0.05) is 6.92 Å². The Bertz CT molecular complexity index is 135. The summed E-state index contributed by atoms with van der Waals surface area (Å²) < 4.78 is 11.7. The first-order valence-corrected chi connectivity index (χ1v) is 10.6. The maximum Gasteiger partial charge on any atom is 0.321 e. The molecule has 0 aliphatic heterocycles. The van der Waals surface area contributed by atoms with Crippen molar-refractivity contribution in [1.82, 2.24) is 0 Å². The summed E-state index contributed by atoms with van der Waals surface area (Å²) in [5.74, 6) is 0. The Morgan fingerprint density at radius 2 is 1.50 bits per heavy atom. The van der Waals surface area contributed by atoms with E-state index in [4.69, 9.17) is 8.54 Å². The molecule has 0 aliphatic rings. The van der Waals surface area contributed by atoms with Gasteiger partial charge in [-0.15, -0.1) is 0 Å². The van der Waals surface area contributed by atoms with E-state index in [9.17, 15) is 0 Å². The quantitative estimate of drug-likeness (QED) is 0.644. The second-order valence-electron chi connectivity index (χ2n) is 4.05. The minimum Gasteiger partial charge on any atom is -0.436 e. The first kappa shape index (κ1) is 12.4. The van der Waals surface area contributed by atoms with Gasteiger partial charge in [0.1, 0.15) is 0 Å². The van der Waals surface area contributed by atoms with E-state index in [0.29, 0.717) is 0 Å². The summed E-state index contributed by atoms with van der Waals surface area (Å²) in [6, 6.07) is 1.16. The van der Waals surface area contributed by atoms with Crippen LogP contribution in [0.25, 0.3) is 0 Å². The molecular formula is C8H22O2Si2. The Labute approximate surface area is 78.7 Å². The van der Waals surface area contributed by atoms with Crippen LogP contribution in [0.5, 0.6) is 0 Å². The highest BCUT2D eigenvalue weighted by atomic mass is 28.4. The molecule has 74 valence electrons. The first-order valence-electron chi connectivity index (χ1n) is 4.67. The Balaban J connectivity index is 4.04. The van der Waals surface area contributed by atoms with Crippen LogP contribution in [0.3, 0.4) is 0 Å². The van der Waals surface area contributed by atoms with Gasteiger partial charge in [-0.25, -0.2) is 0 Å². The molecule has 0 atom stereocenters. The fourth-order valence-corrected chi connectivity index (χ4v) is 7.95. The van der Waals surface area contributed by atoms with Crippen molar-refractivity contribution in [3.8, 4) is 0 Å². The molecule has 0 rings (SSSR count). The third-order valence-corrected chi connectivity index (χ3v) is 8.73. The van der Waals surface area contributed by atoms with Gasteiger partial charge in [0, 0.05) is 6.61 Å². The van der Waals surface area contributed by atoms with Crippen LogP contribution in [-0.4, -0.2) is 23.5 Å². The highest BCUT2D eigenvalue weighted by Gasteiger charge is 2.32. The molecule has 12 heavy (non-hydrogen) atoms. The van der Waals surface area contributed by atoms with Crippen molar-refractivity contribution in [1.29, 1.82) is 0 Å². The van der Waals surface area contributed by atoms with E-state index in [1.807, 2.05) is 6.92 Å². The van der Waals surface area contributed by atoms with Gasteiger partial charge >= 0.3 is 8.56 Å². The molecule has 4 heteroatoms. The summed E-state index contributed by atoms with van der Waals surface area (Å²) in [5, 5.41) is 0. The Kier molecular flexibility index (Phi) is 4.69. The highest BCUT2D eigenvalue weighted by Crippen LogP contribution is 2.18. The molecule has 0 bridgehead atoms. The summed E-state index contributed by atoms with van der Waals surface area (Å²) in [7, 11) is -3.21. The number of hydrogen-bond acceptors (Lipinski definition) is 2. The summed E-state index contributed by atoms with van der Waals surface area (Å²) >= 11 is 0. The van der Waals surface area contributed by atoms with E-state index in [2.05, 4.69) is 33.1 Å². The molecule has 0 saturated carbocycles. The summed E-state index contributed by atoms with van der Waals surface area (Å²) in [5.41, 5.74) is 0. The summed E-state index contributed by atoms with van der Waals surface area (Å²) in [6.07, 6.45) is 0. The molecule has 0 fully saturated rings. The molecule has 0 aromatic carbocycles. The number of hydrogen-bond donors (Lipinski definition) is 0. The van der Waals surface area contributed by atoms with Gasteiger partial charge in [-0.2, -0.15) is 0 Å². The lowest BCUT2D eigenvalue weighted by Gasteiger charge is -2.32. The second kappa shape index (κ2) is 4.55. The van der Waals surface area contributed by atoms with Gasteiger partial charge in [0.05, 0.1) is 0 Å². The lowest BCUT2D eigenvalue weighted by molar-refractivity contribution is 0.261. The predicted molar refractivity (Wildman–Crippen MR) is 58.2 cm³/mol. The van der Waals surface area contributed by atoms with Crippen LogP contribution >= 0.6 is 0 Å².